The number of aryl methyl sites for hydroxylation is 2. The average molecular weight is 467 g/mol. The van der Waals surface area contributed by atoms with Crippen molar-refractivity contribution in [1.29, 1.82) is 0 Å². The Hall–Kier alpha value is -2.90. The first-order valence-corrected chi connectivity index (χ1v) is 12.1. The number of pyridine rings is 1. The zero-order valence-electron chi connectivity index (χ0n) is 19.4. The molecule has 2 aromatic heterocycles. The molecule has 0 radical (unpaired) electrons. The number of fused-ring (bicyclic) bond motifs is 1. The summed E-state index contributed by atoms with van der Waals surface area (Å²) in [6.07, 6.45) is 1.30. The summed E-state index contributed by atoms with van der Waals surface area (Å²) >= 11 is 1.66. The van der Waals surface area contributed by atoms with Crippen LogP contribution < -0.4 is 10.3 Å². The van der Waals surface area contributed by atoms with E-state index in [-0.39, 0.29) is 5.56 Å². The number of aromatic nitrogens is 1. The lowest BCUT2D eigenvalue weighted by atomic mass is 10.0. The number of rotatable bonds is 7. The minimum absolute atomic E-state index is 0.141. The molecular formula is C26H30N2O4S. The van der Waals surface area contributed by atoms with Crippen LogP contribution in [-0.4, -0.2) is 42.2 Å². The minimum atomic E-state index is -0.465. The second kappa shape index (κ2) is 10.4. The molecule has 0 aliphatic carbocycles. The van der Waals surface area contributed by atoms with E-state index in [1.165, 1.54) is 34.7 Å². The summed E-state index contributed by atoms with van der Waals surface area (Å²) in [6, 6.07) is 12.0. The normalized spacial score (nSPS) is 13.9. The van der Waals surface area contributed by atoms with Crippen molar-refractivity contribution in [3.05, 3.63) is 85.0 Å². The Morgan fingerprint density at radius 3 is 2.73 bits per heavy atom. The highest BCUT2D eigenvalue weighted by Crippen LogP contribution is 2.25. The summed E-state index contributed by atoms with van der Waals surface area (Å²) in [4.78, 5) is 29.3. The highest BCUT2D eigenvalue weighted by molar-refractivity contribution is 7.09. The van der Waals surface area contributed by atoms with Crippen molar-refractivity contribution in [2.45, 2.75) is 39.8 Å². The van der Waals surface area contributed by atoms with Gasteiger partial charge in [0.1, 0.15) is 11.3 Å². The molecule has 3 aromatic rings. The molecule has 174 valence electrons. The number of hydrogen-bond acceptors (Lipinski definition) is 6. The van der Waals surface area contributed by atoms with Gasteiger partial charge in [-0.05, 0) is 36.4 Å². The van der Waals surface area contributed by atoms with Crippen molar-refractivity contribution in [1.82, 2.24) is 9.47 Å². The minimum Gasteiger partial charge on any atom is -0.492 e. The number of nitrogens with zero attached hydrogens (tertiary/aromatic N) is 2. The molecule has 1 aliphatic heterocycles. The third-order valence-electron chi connectivity index (χ3n) is 6.16. The van der Waals surface area contributed by atoms with E-state index < -0.39 is 5.97 Å². The van der Waals surface area contributed by atoms with E-state index in [1.54, 1.807) is 15.9 Å². The van der Waals surface area contributed by atoms with Crippen LogP contribution in [-0.2, 0) is 30.7 Å². The van der Waals surface area contributed by atoms with Gasteiger partial charge >= 0.3 is 5.97 Å². The molecule has 4 rings (SSSR count). The topological polar surface area (TPSA) is 60.8 Å². The van der Waals surface area contributed by atoms with Gasteiger partial charge in [-0.15, -0.1) is 11.3 Å². The van der Waals surface area contributed by atoms with Gasteiger partial charge in [-0.1, -0.05) is 29.8 Å². The summed E-state index contributed by atoms with van der Waals surface area (Å²) in [5.41, 5.74) is 4.72. The lowest BCUT2D eigenvalue weighted by molar-refractivity contribution is 0.0593. The van der Waals surface area contributed by atoms with Gasteiger partial charge in [0.25, 0.3) is 5.56 Å². The molecule has 7 heteroatoms. The maximum Gasteiger partial charge on any atom is 0.343 e. The molecule has 0 spiro atoms. The molecule has 0 amide bonds. The molecule has 1 aliphatic rings. The number of thiophene rings is 1. The van der Waals surface area contributed by atoms with Gasteiger partial charge in [0.05, 0.1) is 13.7 Å². The summed E-state index contributed by atoms with van der Waals surface area (Å²) in [7, 11) is 1.36. The quantitative estimate of drug-likeness (QED) is 0.493. The van der Waals surface area contributed by atoms with Crippen molar-refractivity contribution >= 4 is 17.3 Å². The second-order valence-corrected chi connectivity index (χ2v) is 9.48. The van der Waals surface area contributed by atoms with Crippen LogP contribution in [0, 0.1) is 13.8 Å². The Morgan fingerprint density at radius 1 is 1.12 bits per heavy atom. The smallest absolute Gasteiger partial charge is 0.343 e. The molecular weight excluding hydrogens is 436 g/mol. The highest BCUT2D eigenvalue weighted by atomic mass is 32.1. The standard InChI is InChI=1S/C26H30N2O4S/c1-18-6-7-19(2)20(15-18)17-27-10-8-22-25(26(30)31-3)23(16-24(29)28(22)12-11-27)32-13-9-21-5-4-14-33-21/h4-7,14-16H,8-13,17H2,1-3H3. The molecule has 33 heavy (non-hydrogen) atoms. The Labute approximate surface area is 198 Å². The van der Waals surface area contributed by atoms with Crippen molar-refractivity contribution in [2.24, 2.45) is 0 Å². The molecule has 0 fully saturated rings. The van der Waals surface area contributed by atoms with Crippen LogP contribution >= 0.6 is 11.3 Å². The maximum atomic E-state index is 13.0. The number of ether oxygens (including phenoxy) is 2. The summed E-state index contributed by atoms with van der Waals surface area (Å²) in [6.45, 7) is 7.44. The Morgan fingerprint density at radius 2 is 1.97 bits per heavy atom. The van der Waals surface area contributed by atoms with Crippen molar-refractivity contribution in [2.75, 3.05) is 26.8 Å². The van der Waals surface area contributed by atoms with E-state index in [4.69, 9.17) is 9.47 Å². The van der Waals surface area contributed by atoms with Gasteiger partial charge in [0, 0.05) is 55.7 Å². The summed E-state index contributed by atoms with van der Waals surface area (Å²) in [5.74, 6) is -0.148. The number of esters is 1. The third kappa shape index (κ3) is 5.37. The zero-order valence-corrected chi connectivity index (χ0v) is 20.2. The van der Waals surface area contributed by atoms with Gasteiger partial charge in [-0.25, -0.2) is 4.79 Å². The lowest BCUT2D eigenvalue weighted by Crippen LogP contribution is -2.29. The van der Waals surface area contributed by atoms with Gasteiger partial charge in [-0.3, -0.25) is 9.69 Å². The fourth-order valence-electron chi connectivity index (χ4n) is 4.32. The first kappa shape index (κ1) is 23.3. The molecule has 0 saturated heterocycles. The first-order valence-electron chi connectivity index (χ1n) is 11.2. The predicted molar refractivity (Wildman–Crippen MR) is 130 cm³/mol. The van der Waals surface area contributed by atoms with E-state index >= 15 is 0 Å². The van der Waals surface area contributed by atoms with Crippen molar-refractivity contribution in [3.8, 4) is 5.75 Å². The third-order valence-corrected chi connectivity index (χ3v) is 7.10. The van der Waals surface area contributed by atoms with Crippen LogP contribution in [0.3, 0.4) is 0 Å². The van der Waals surface area contributed by atoms with Crippen LogP contribution in [0.5, 0.6) is 5.75 Å². The molecule has 0 N–H and O–H groups in total. The highest BCUT2D eigenvalue weighted by Gasteiger charge is 2.26. The van der Waals surface area contributed by atoms with Crippen LogP contribution in [0.2, 0.25) is 0 Å². The average Bonchev–Trinajstić information content (AvgIpc) is 3.23. The number of benzene rings is 1. The molecule has 1 aromatic carbocycles. The number of carbonyl (C=O) groups is 1. The molecule has 0 atom stereocenters. The van der Waals surface area contributed by atoms with E-state index in [0.29, 0.717) is 36.6 Å². The summed E-state index contributed by atoms with van der Waals surface area (Å²) in [5, 5.41) is 2.02. The summed E-state index contributed by atoms with van der Waals surface area (Å²) < 4.78 is 12.7. The molecule has 0 saturated carbocycles. The van der Waals surface area contributed by atoms with E-state index in [0.717, 1.165) is 26.1 Å². The Bertz CT molecular complexity index is 1180. The van der Waals surface area contributed by atoms with Crippen LogP contribution in [0.1, 0.15) is 37.6 Å². The molecule has 0 unspecified atom stereocenters. The van der Waals surface area contributed by atoms with E-state index in [9.17, 15) is 9.59 Å². The number of methoxy groups -OCH3 is 1. The molecule has 3 heterocycles. The van der Waals surface area contributed by atoms with Gasteiger partial charge in [-0.2, -0.15) is 0 Å². The monoisotopic (exact) mass is 466 g/mol. The number of carbonyl (C=O) groups excluding carboxylic acids is 1. The van der Waals surface area contributed by atoms with Crippen LogP contribution in [0.25, 0.3) is 0 Å². The molecule has 6 nitrogen and oxygen atoms in total. The fraction of sp³-hybridized carbons (Fsp3) is 0.385. The van der Waals surface area contributed by atoms with E-state index in [2.05, 4.69) is 36.9 Å². The molecule has 0 bridgehead atoms. The predicted octanol–water partition coefficient (Wildman–Crippen LogP) is 3.99. The zero-order chi connectivity index (χ0) is 23.4. The fourth-order valence-corrected chi connectivity index (χ4v) is 5.01. The maximum absolute atomic E-state index is 13.0. The lowest BCUT2D eigenvalue weighted by Gasteiger charge is -2.21. The Kier molecular flexibility index (Phi) is 7.30. The van der Waals surface area contributed by atoms with Gasteiger partial charge < -0.3 is 14.0 Å². The SMILES string of the molecule is COC(=O)c1c(OCCc2cccs2)cc(=O)n2c1CCN(Cc1cc(C)ccc1C)CC2. The van der Waals surface area contributed by atoms with Gasteiger partial charge in [0.2, 0.25) is 0 Å². The Balaban J connectivity index is 1.57. The second-order valence-electron chi connectivity index (χ2n) is 8.45. The van der Waals surface area contributed by atoms with Crippen molar-refractivity contribution in [3.63, 3.8) is 0 Å². The van der Waals surface area contributed by atoms with Crippen LogP contribution in [0.15, 0.2) is 46.6 Å². The van der Waals surface area contributed by atoms with E-state index in [1.807, 2.05) is 17.5 Å². The van der Waals surface area contributed by atoms with Crippen molar-refractivity contribution < 1.29 is 14.3 Å². The van der Waals surface area contributed by atoms with Gasteiger partial charge in [0.15, 0.2) is 0 Å². The van der Waals surface area contributed by atoms with Crippen LogP contribution in [0.4, 0.5) is 0 Å². The number of hydrogen-bond donors (Lipinski definition) is 0. The first-order chi connectivity index (χ1) is 16.0. The largest absolute Gasteiger partial charge is 0.492 e.